The first-order valence-corrected chi connectivity index (χ1v) is 10.0. The van der Waals surface area contributed by atoms with Crippen LogP contribution < -0.4 is 0 Å². The predicted octanol–water partition coefficient (Wildman–Crippen LogP) is 6.78. The Bertz CT molecular complexity index is 175. The third-order valence-corrected chi connectivity index (χ3v) is 5.35. The molecule has 2 heteroatoms. The zero-order valence-corrected chi connectivity index (χ0v) is 15.8. The molecule has 20 heavy (non-hydrogen) atoms. The minimum atomic E-state index is 0. The first-order valence-electron chi connectivity index (χ1n) is 8.81. The Kier molecular flexibility index (Phi) is 18.1. The van der Waals surface area contributed by atoms with Gasteiger partial charge in [-0.05, 0) is 17.7 Å². The van der Waals surface area contributed by atoms with Crippen LogP contribution in [0.15, 0.2) is 0 Å². The summed E-state index contributed by atoms with van der Waals surface area (Å²) in [6, 6.07) is 0. The van der Waals surface area contributed by atoms with Crippen LogP contribution in [0, 0.1) is 0 Å². The normalized spacial score (nSPS) is 12.0. The molecule has 0 aliphatic carbocycles. The van der Waals surface area contributed by atoms with E-state index >= 15 is 0 Å². The summed E-state index contributed by atoms with van der Waals surface area (Å²) >= 11 is 0. The van der Waals surface area contributed by atoms with Gasteiger partial charge in [-0.3, -0.25) is 0 Å². The van der Waals surface area contributed by atoms with Gasteiger partial charge in [0.25, 0.3) is 0 Å². The van der Waals surface area contributed by atoms with Crippen molar-refractivity contribution in [3.63, 3.8) is 0 Å². The summed E-state index contributed by atoms with van der Waals surface area (Å²) in [5.41, 5.74) is 0. The summed E-state index contributed by atoms with van der Waals surface area (Å²) in [4.78, 5) is 0. The maximum atomic E-state index is 2.37. The van der Waals surface area contributed by atoms with Gasteiger partial charge in [0, 0.05) is 8.41 Å². The van der Waals surface area contributed by atoms with Crippen molar-refractivity contribution in [2.75, 3.05) is 6.16 Å². The molecule has 119 valence electrons. The monoisotopic (exact) mass is 297 g/mol. The molecule has 0 amide bonds. The molecule has 0 heterocycles. The van der Waals surface area contributed by atoms with Crippen molar-refractivity contribution in [2.24, 2.45) is 0 Å². The Morgan fingerprint density at radius 2 is 0.950 bits per heavy atom. The molecule has 3 radical (unpaired) electrons. The van der Waals surface area contributed by atoms with Gasteiger partial charge in [0.2, 0.25) is 0 Å². The molecule has 0 aromatic carbocycles. The molecular weight excluding hydrogens is 258 g/mol. The van der Waals surface area contributed by atoms with Gasteiger partial charge in [0.15, 0.2) is 0 Å². The average molecular weight is 297 g/mol. The summed E-state index contributed by atoms with van der Waals surface area (Å²) in [6.07, 6.45) is 19.0. The first kappa shape index (κ1) is 22.8. The maximum absolute atomic E-state index is 2.37. The average Bonchev–Trinajstić information content (AvgIpc) is 2.34. The second kappa shape index (κ2) is 15.9. The van der Waals surface area contributed by atoms with Crippen molar-refractivity contribution < 1.29 is 0 Å². The Hall–Kier alpha value is 0.495. The van der Waals surface area contributed by atoms with Crippen LogP contribution in [0.4, 0.5) is 0 Å². The SMILES string of the molecule is CCCCCCCCCCCCCCPC(C)(C)C.[B]. The minimum Gasteiger partial charge on any atom is -0.117 e. The molecule has 0 bridgehead atoms. The van der Waals surface area contributed by atoms with Gasteiger partial charge in [0.05, 0.1) is 0 Å². The van der Waals surface area contributed by atoms with Crippen LogP contribution >= 0.6 is 8.58 Å². The van der Waals surface area contributed by atoms with Crippen LogP contribution in [-0.4, -0.2) is 19.7 Å². The molecular formula is C18H39BP. The minimum absolute atomic E-state index is 0. The van der Waals surface area contributed by atoms with Gasteiger partial charge in [-0.15, -0.1) is 8.58 Å². The maximum Gasteiger partial charge on any atom is 0 e. The lowest BCUT2D eigenvalue weighted by atomic mass is 10.1. The molecule has 0 aromatic rings. The molecule has 0 aliphatic rings. The molecule has 0 saturated heterocycles. The Morgan fingerprint density at radius 1 is 0.600 bits per heavy atom. The van der Waals surface area contributed by atoms with Crippen LogP contribution in [0.2, 0.25) is 0 Å². The lowest BCUT2D eigenvalue weighted by Crippen LogP contribution is -2.05. The fourth-order valence-electron chi connectivity index (χ4n) is 2.43. The van der Waals surface area contributed by atoms with Crippen molar-refractivity contribution in [3.05, 3.63) is 0 Å². The number of rotatable bonds is 13. The van der Waals surface area contributed by atoms with Gasteiger partial charge < -0.3 is 0 Å². The van der Waals surface area contributed by atoms with E-state index in [4.69, 9.17) is 0 Å². The zero-order valence-electron chi connectivity index (χ0n) is 14.8. The van der Waals surface area contributed by atoms with Gasteiger partial charge in [-0.25, -0.2) is 0 Å². The molecule has 0 aromatic heterocycles. The van der Waals surface area contributed by atoms with E-state index in [1.165, 1.54) is 83.2 Å². The third-order valence-electron chi connectivity index (χ3n) is 3.69. The van der Waals surface area contributed by atoms with E-state index in [2.05, 4.69) is 27.7 Å². The Labute approximate surface area is 133 Å². The number of hydrogen-bond donors (Lipinski definition) is 0. The fraction of sp³-hybridized carbons (Fsp3) is 1.00. The van der Waals surface area contributed by atoms with Crippen molar-refractivity contribution >= 4 is 17.0 Å². The lowest BCUT2D eigenvalue weighted by Gasteiger charge is -2.17. The van der Waals surface area contributed by atoms with Crippen molar-refractivity contribution in [1.82, 2.24) is 0 Å². The second-order valence-electron chi connectivity index (χ2n) is 7.07. The van der Waals surface area contributed by atoms with Crippen molar-refractivity contribution in [1.29, 1.82) is 0 Å². The summed E-state index contributed by atoms with van der Waals surface area (Å²) < 4.78 is 0. The molecule has 0 aliphatic heterocycles. The van der Waals surface area contributed by atoms with Gasteiger partial charge in [0.1, 0.15) is 0 Å². The smallest absolute Gasteiger partial charge is 0 e. The van der Waals surface area contributed by atoms with E-state index in [-0.39, 0.29) is 8.41 Å². The van der Waals surface area contributed by atoms with Gasteiger partial charge in [-0.1, -0.05) is 98.3 Å². The quantitative estimate of drug-likeness (QED) is 0.199. The molecule has 1 unspecified atom stereocenters. The summed E-state index contributed by atoms with van der Waals surface area (Å²) in [7, 11) is 1.15. The molecule has 0 N–H and O–H groups in total. The van der Waals surface area contributed by atoms with Gasteiger partial charge in [-0.2, -0.15) is 0 Å². The molecule has 0 rings (SSSR count). The van der Waals surface area contributed by atoms with E-state index in [0.29, 0.717) is 5.16 Å². The highest BCUT2D eigenvalue weighted by Gasteiger charge is 2.08. The summed E-state index contributed by atoms with van der Waals surface area (Å²) in [6.45, 7) is 9.39. The second-order valence-corrected chi connectivity index (χ2v) is 9.42. The van der Waals surface area contributed by atoms with E-state index in [1.807, 2.05) is 0 Å². The van der Waals surface area contributed by atoms with E-state index in [9.17, 15) is 0 Å². The summed E-state index contributed by atoms with van der Waals surface area (Å²) in [5.74, 6) is 0. The highest BCUT2D eigenvalue weighted by molar-refractivity contribution is 7.39. The highest BCUT2D eigenvalue weighted by Crippen LogP contribution is 2.31. The number of hydrogen-bond acceptors (Lipinski definition) is 0. The van der Waals surface area contributed by atoms with E-state index < -0.39 is 0 Å². The molecule has 0 saturated carbocycles. The van der Waals surface area contributed by atoms with E-state index in [0.717, 1.165) is 8.58 Å². The predicted molar refractivity (Wildman–Crippen MR) is 99.8 cm³/mol. The van der Waals surface area contributed by atoms with Crippen LogP contribution in [0.5, 0.6) is 0 Å². The van der Waals surface area contributed by atoms with Crippen LogP contribution in [-0.2, 0) is 0 Å². The zero-order chi connectivity index (χ0) is 14.4. The standard InChI is InChI=1S/C18H39P.B/c1-5-6-7-8-9-10-11-12-13-14-15-16-17-19-18(2,3)4;/h19H,5-17H2,1-4H3;. The van der Waals surface area contributed by atoms with Gasteiger partial charge >= 0.3 is 0 Å². The topological polar surface area (TPSA) is 0 Å². The first-order chi connectivity index (χ1) is 9.06. The van der Waals surface area contributed by atoms with Crippen LogP contribution in [0.25, 0.3) is 0 Å². The van der Waals surface area contributed by atoms with E-state index in [1.54, 1.807) is 0 Å². The number of unbranched alkanes of at least 4 members (excludes halogenated alkanes) is 11. The Balaban J connectivity index is 0. The van der Waals surface area contributed by atoms with Crippen LogP contribution in [0.3, 0.4) is 0 Å². The molecule has 1 atom stereocenters. The van der Waals surface area contributed by atoms with Crippen molar-refractivity contribution in [2.45, 2.75) is 110 Å². The molecule has 0 nitrogen and oxygen atoms in total. The lowest BCUT2D eigenvalue weighted by molar-refractivity contribution is 0.548. The summed E-state index contributed by atoms with van der Waals surface area (Å²) in [5, 5.41) is 0.567. The molecule has 0 fully saturated rings. The molecule has 0 spiro atoms. The highest BCUT2D eigenvalue weighted by atomic mass is 31.1. The largest absolute Gasteiger partial charge is 0.117 e. The third kappa shape index (κ3) is 20.8. The van der Waals surface area contributed by atoms with Crippen molar-refractivity contribution in [3.8, 4) is 0 Å². The Morgan fingerprint density at radius 3 is 1.30 bits per heavy atom. The fourth-order valence-corrected chi connectivity index (χ4v) is 3.61. The van der Waals surface area contributed by atoms with Crippen LogP contribution in [0.1, 0.15) is 105 Å².